The van der Waals surface area contributed by atoms with E-state index in [2.05, 4.69) is 10.3 Å². The normalized spacial score (nSPS) is 17.9. The number of likely N-dealkylation sites (tertiary alicyclic amines) is 1. The van der Waals surface area contributed by atoms with Crippen LogP contribution in [-0.2, 0) is 4.79 Å². The van der Waals surface area contributed by atoms with Crippen LogP contribution in [0.1, 0.15) is 48.2 Å². The molecule has 1 atom stereocenters. The van der Waals surface area contributed by atoms with Crippen molar-refractivity contribution in [3.63, 3.8) is 0 Å². The van der Waals surface area contributed by atoms with Crippen molar-refractivity contribution in [1.82, 2.24) is 15.2 Å². The van der Waals surface area contributed by atoms with E-state index in [0.717, 1.165) is 17.8 Å². The Bertz CT molecular complexity index is 492. The SMILES string of the molecule is CC(=O)N1CCC(NC(=O)c2csc(C(C)N)n2)CC1. The number of nitrogens with two attached hydrogens (primary N) is 1. The number of aromatic nitrogens is 1. The van der Waals surface area contributed by atoms with Gasteiger partial charge >= 0.3 is 0 Å². The molecule has 0 bridgehead atoms. The van der Waals surface area contributed by atoms with Crippen molar-refractivity contribution in [1.29, 1.82) is 0 Å². The molecule has 0 spiro atoms. The van der Waals surface area contributed by atoms with Crippen LogP contribution < -0.4 is 11.1 Å². The minimum absolute atomic E-state index is 0.0934. The van der Waals surface area contributed by atoms with Crippen LogP contribution in [0.5, 0.6) is 0 Å². The number of nitrogens with one attached hydrogen (secondary N) is 1. The molecule has 2 rings (SSSR count). The van der Waals surface area contributed by atoms with Gasteiger partial charge < -0.3 is 16.0 Å². The minimum atomic E-state index is -0.158. The number of nitrogens with zero attached hydrogens (tertiary/aromatic N) is 2. The molecule has 1 fully saturated rings. The molecule has 20 heavy (non-hydrogen) atoms. The van der Waals surface area contributed by atoms with E-state index in [9.17, 15) is 9.59 Å². The summed E-state index contributed by atoms with van der Waals surface area (Å²) in [5.41, 5.74) is 6.16. The van der Waals surface area contributed by atoms with Crippen molar-refractivity contribution in [3.05, 3.63) is 16.1 Å². The van der Waals surface area contributed by atoms with Crippen molar-refractivity contribution in [2.45, 2.75) is 38.8 Å². The van der Waals surface area contributed by atoms with Crippen LogP contribution in [0.15, 0.2) is 5.38 Å². The number of rotatable bonds is 3. The number of carbonyl (C=O) groups is 2. The van der Waals surface area contributed by atoms with E-state index >= 15 is 0 Å². The highest BCUT2D eigenvalue weighted by molar-refractivity contribution is 7.09. The Balaban J connectivity index is 1.87. The molecule has 3 N–H and O–H groups in total. The van der Waals surface area contributed by atoms with Gasteiger partial charge in [-0.3, -0.25) is 9.59 Å². The summed E-state index contributed by atoms with van der Waals surface area (Å²) in [4.78, 5) is 29.4. The maximum Gasteiger partial charge on any atom is 0.270 e. The topological polar surface area (TPSA) is 88.3 Å². The van der Waals surface area contributed by atoms with Crippen LogP contribution in [-0.4, -0.2) is 40.8 Å². The molecule has 2 amide bonds. The second kappa shape index (κ2) is 6.32. The summed E-state index contributed by atoms with van der Waals surface area (Å²) in [6.07, 6.45) is 1.57. The highest BCUT2D eigenvalue weighted by Gasteiger charge is 2.23. The number of thiazole rings is 1. The molecule has 1 aromatic rings. The van der Waals surface area contributed by atoms with Gasteiger partial charge in [-0.05, 0) is 19.8 Å². The lowest BCUT2D eigenvalue weighted by atomic mass is 10.0. The van der Waals surface area contributed by atoms with E-state index < -0.39 is 0 Å². The number of amides is 2. The van der Waals surface area contributed by atoms with E-state index in [0.29, 0.717) is 18.8 Å². The second-order valence-electron chi connectivity index (χ2n) is 5.11. The zero-order valence-electron chi connectivity index (χ0n) is 11.8. The van der Waals surface area contributed by atoms with Crippen molar-refractivity contribution in [3.8, 4) is 0 Å². The maximum atomic E-state index is 12.1. The Morgan fingerprint density at radius 3 is 2.65 bits per heavy atom. The lowest BCUT2D eigenvalue weighted by molar-refractivity contribution is -0.129. The van der Waals surface area contributed by atoms with Crippen molar-refractivity contribution in [2.75, 3.05) is 13.1 Å². The van der Waals surface area contributed by atoms with Crippen molar-refractivity contribution in [2.24, 2.45) is 5.73 Å². The molecule has 0 radical (unpaired) electrons. The Morgan fingerprint density at radius 2 is 2.15 bits per heavy atom. The van der Waals surface area contributed by atoms with Crippen LogP contribution in [0.4, 0.5) is 0 Å². The lowest BCUT2D eigenvalue weighted by Gasteiger charge is -2.31. The van der Waals surface area contributed by atoms with Crippen LogP contribution in [0.25, 0.3) is 0 Å². The standard InChI is InChI=1S/C13H20N4O2S/c1-8(14)13-16-11(7-20-13)12(19)15-10-3-5-17(6-4-10)9(2)18/h7-8,10H,3-6,14H2,1-2H3,(H,15,19). The van der Waals surface area contributed by atoms with Crippen LogP contribution in [0.3, 0.4) is 0 Å². The molecule has 1 aliphatic heterocycles. The third kappa shape index (κ3) is 3.55. The quantitative estimate of drug-likeness (QED) is 0.867. The zero-order valence-corrected chi connectivity index (χ0v) is 12.6. The molecule has 0 aliphatic carbocycles. The van der Waals surface area contributed by atoms with E-state index in [1.165, 1.54) is 11.3 Å². The van der Waals surface area contributed by atoms with Crippen LogP contribution >= 0.6 is 11.3 Å². The first-order chi connectivity index (χ1) is 9.47. The fourth-order valence-electron chi connectivity index (χ4n) is 2.20. The molecule has 1 saturated heterocycles. The molecule has 2 heterocycles. The Morgan fingerprint density at radius 1 is 1.50 bits per heavy atom. The highest BCUT2D eigenvalue weighted by atomic mass is 32.1. The summed E-state index contributed by atoms with van der Waals surface area (Å²) in [6, 6.07) is -0.0427. The van der Waals surface area contributed by atoms with Crippen LogP contribution in [0.2, 0.25) is 0 Å². The third-order valence-electron chi connectivity index (χ3n) is 3.42. The fourth-order valence-corrected chi connectivity index (χ4v) is 2.96. The Hall–Kier alpha value is -1.47. The fraction of sp³-hybridized carbons (Fsp3) is 0.615. The van der Waals surface area contributed by atoms with E-state index in [-0.39, 0.29) is 23.9 Å². The summed E-state index contributed by atoms with van der Waals surface area (Å²) in [5, 5.41) is 5.47. The largest absolute Gasteiger partial charge is 0.348 e. The van der Waals surface area contributed by atoms with Gasteiger partial charge in [0.25, 0.3) is 5.91 Å². The monoisotopic (exact) mass is 296 g/mol. The molecule has 1 aromatic heterocycles. The summed E-state index contributed by atoms with van der Waals surface area (Å²) >= 11 is 1.40. The summed E-state index contributed by atoms with van der Waals surface area (Å²) < 4.78 is 0. The molecule has 0 saturated carbocycles. The van der Waals surface area contributed by atoms with Gasteiger partial charge in [-0.25, -0.2) is 4.98 Å². The first-order valence-electron chi connectivity index (χ1n) is 6.74. The van der Waals surface area contributed by atoms with Crippen LogP contribution in [0, 0.1) is 0 Å². The zero-order chi connectivity index (χ0) is 14.7. The summed E-state index contributed by atoms with van der Waals surface area (Å²) in [5.74, 6) is -0.0646. The Kier molecular flexibility index (Phi) is 4.72. The molecular formula is C13H20N4O2S. The molecule has 0 aromatic carbocycles. The van der Waals surface area contributed by atoms with Gasteiger partial charge in [0.2, 0.25) is 5.91 Å². The van der Waals surface area contributed by atoms with Gasteiger partial charge in [0, 0.05) is 31.4 Å². The van der Waals surface area contributed by atoms with Gasteiger partial charge in [0.1, 0.15) is 10.7 Å². The number of hydrogen-bond acceptors (Lipinski definition) is 5. The predicted octanol–water partition coefficient (Wildman–Crippen LogP) is 0.903. The minimum Gasteiger partial charge on any atom is -0.348 e. The predicted molar refractivity (Wildman–Crippen MR) is 77.5 cm³/mol. The van der Waals surface area contributed by atoms with E-state index in [1.54, 1.807) is 17.2 Å². The van der Waals surface area contributed by atoms with E-state index in [4.69, 9.17) is 5.73 Å². The second-order valence-corrected chi connectivity index (χ2v) is 6.00. The molecular weight excluding hydrogens is 276 g/mol. The number of piperidine rings is 1. The molecule has 7 heteroatoms. The smallest absolute Gasteiger partial charge is 0.270 e. The van der Waals surface area contributed by atoms with Gasteiger partial charge in [-0.1, -0.05) is 0 Å². The molecule has 110 valence electrons. The Labute approximate surface area is 122 Å². The summed E-state index contributed by atoms with van der Waals surface area (Å²) in [7, 11) is 0. The average Bonchev–Trinajstić information content (AvgIpc) is 2.89. The number of hydrogen-bond donors (Lipinski definition) is 2. The molecule has 1 unspecified atom stereocenters. The van der Waals surface area contributed by atoms with Gasteiger partial charge in [0.05, 0.1) is 6.04 Å². The van der Waals surface area contributed by atoms with Crippen molar-refractivity contribution < 1.29 is 9.59 Å². The average molecular weight is 296 g/mol. The van der Waals surface area contributed by atoms with Gasteiger partial charge in [-0.15, -0.1) is 11.3 Å². The van der Waals surface area contributed by atoms with E-state index in [1.807, 2.05) is 6.92 Å². The lowest BCUT2D eigenvalue weighted by Crippen LogP contribution is -2.46. The summed E-state index contributed by atoms with van der Waals surface area (Å²) in [6.45, 7) is 4.81. The van der Waals surface area contributed by atoms with Gasteiger partial charge in [0.15, 0.2) is 0 Å². The first kappa shape index (κ1) is 14.9. The third-order valence-corrected chi connectivity index (χ3v) is 4.47. The van der Waals surface area contributed by atoms with Crippen molar-refractivity contribution >= 4 is 23.2 Å². The maximum absolute atomic E-state index is 12.1. The van der Waals surface area contributed by atoms with Gasteiger partial charge in [-0.2, -0.15) is 0 Å². The molecule has 1 aliphatic rings. The number of carbonyl (C=O) groups excluding carboxylic acids is 2. The first-order valence-corrected chi connectivity index (χ1v) is 7.62. The highest BCUT2D eigenvalue weighted by Crippen LogP contribution is 2.16. The molecule has 6 nitrogen and oxygen atoms in total.